The van der Waals surface area contributed by atoms with Crippen LogP contribution in [0.25, 0.3) is 0 Å². The van der Waals surface area contributed by atoms with Crippen molar-refractivity contribution in [3.63, 3.8) is 0 Å². The van der Waals surface area contributed by atoms with E-state index in [1.54, 1.807) is 0 Å². The van der Waals surface area contributed by atoms with Crippen LogP contribution in [0.3, 0.4) is 0 Å². The lowest BCUT2D eigenvalue weighted by Crippen LogP contribution is -2.36. The lowest BCUT2D eigenvalue weighted by Gasteiger charge is -2.18. The van der Waals surface area contributed by atoms with Gasteiger partial charge in [-0.2, -0.15) is 0 Å². The standard InChI is InChI=1S/C8H12Cl2N2O2.C5H6Cl2N2O2/c1-5(2)3-11-4-6(13)12(7(9)10)8(11)14;1-8-3(10)5(6,7)9(2)4(8)11/h5,7H,3-4H2,1-2H3;1-2H3. The molecule has 0 unspecified atom stereocenters. The minimum Gasteiger partial charge on any atom is -0.315 e. The van der Waals surface area contributed by atoms with Gasteiger partial charge in [0.25, 0.3) is 16.3 Å². The average molecular weight is 436 g/mol. The average Bonchev–Trinajstić information content (AvgIpc) is 2.83. The van der Waals surface area contributed by atoms with E-state index in [1.807, 2.05) is 13.8 Å². The molecule has 0 aromatic heterocycles. The van der Waals surface area contributed by atoms with E-state index in [4.69, 9.17) is 46.4 Å². The Morgan fingerprint density at radius 2 is 1.56 bits per heavy atom. The van der Waals surface area contributed by atoms with Gasteiger partial charge in [-0.05, 0) is 5.92 Å². The molecule has 142 valence electrons. The molecule has 12 heteroatoms. The summed E-state index contributed by atoms with van der Waals surface area (Å²) in [6.07, 6.45) is 0. The fraction of sp³-hybridized carbons (Fsp3) is 0.692. The second-order valence-electron chi connectivity index (χ2n) is 5.85. The van der Waals surface area contributed by atoms with Crippen molar-refractivity contribution in [2.75, 3.05) is 27.2 Å². The maximum Gasteiger partial charge on any atom is 0.329 e. The van der Waals surface area contributed by atoms with Gasteiger partial charge in [-0.3, -0.25) is 19.4 Å². The van der Waals surface area contributed by atoms with E-state index in [9.17, 15) is 19.2 Å². The van der Waals surface area contributed by atoms with Gasteiger partial charge < -0.3 is 4.90 Å². The number of carbonyl (C=O) groups excluding carboxylic acids is 4. The number of halogens is 4. The van der Waals surface area contributed by atoms with E-state index in [0.717, 1.165) is 14.7 Å². The quantitative estimate of drug-likeness (QED) is 0.387. The van der Waals surface area contributed by atoms with Gasteiger partial charge in [-0.25, -0.2) is 14.5 Å². The molecule has 0 saturated carbocycles. The van der Waals surface area contributed by atoms with E-state index >= 15 is 0 Å². The first kappa shape index (κ1) is 22.1. The number of alkyl halides is 4. The fourth-order valence-electron chi connectivity index (χ4n) is 2.12. The molecule has 2 rings (SSSR count). The van der Waals surface area contributed by atoms with E-state index in [2.05, 4.69) is 0 Å². The highest BCUT2D eigenvalue weighted by Crippen LogP contribution is 2.33. The Kier molecular flexibility index (Phi) is 7.21. The Morgan fingerprint density at radius 1 is 1.04 bits per heavy atom. The number of urea groups is 2. The van der Waals surface area contributed by atoms with E-state index < -0.39 is 27.4 Å². The third-order valence-electron chi connectivity index (χ3n) is 3.41. The van der Waals surface area contributed by atoms with Crippen molar-refractivity contribution >= 4 is 70.3 Å². The molecule has 2 saturated heterocycles. The lowest BCUT2D eigenvalue weighted by molar-refractivity contribution is -0.126. The minimum absolute atomic E-state index is 0.0763. The van der Waals surface area contributed by atoms with Crippen LogP contribution in [0, 0.1) is 5.92 Å². The highest BCUT2D eigenvalue weighted by Gasteiger charge is 2.52. The van der Waals surface area contributed by atoms with Crippen molar-refractivity contribution in [1.29, 1.82) is 0 Å². The molecule has 0 N–H and O–H groups in total. The van der Waals surface area contributed by atoms with Crippen LogP contribution in [0.15, 0.2) is 0 Å². The molecular weight excluding hydrogens is 418 g/mol. The zero-order valence-corrected chi connectivity index (χ0v) is 17.0. The summed E-state index contributed by atoms with van der Waals surface area (Å²) in [5, 5.41) is 0. The summed E-state index contributed by atoms with van der Waals surface area (Å²) in [6, 6.07) is -0.904. The summed E-state index contributed by atoms with van der Waals surface area (Å²) in [6.45, 7) is 4.56. The monoisotopic (exact) mass is 434 g/mol. The molecule has 0 spiro atoms. The number of rotatable bonds is 3. The van der Waals surface area contributed by atoms with Gasteiger partial charge in [0.1, 0.15) is 6.54 Å². The second-order valence-corrected chi connectivity index (χ2v) is 8.18. The minimum atomic E-state index is -1.73. The SMILES string of the molecule is CC(C)CN1CC(=O)N(C(Cl)Cl)C1=O.CN1C(=O)N(C)C(Cl)(Cl)C1=O. The van der Waals surface area contributed by atoms with Crippen LogP contribution in [0.2, 0.25) is 0 Å². The van der Waals surface area contributed by atoms with Crippen molar-refractivity contribution in [3.05, 3.63) is 0 Å². The van der Waals surface area contributed by atoms with E-state index in [0.29, 0.717) is 12.5 Å². The molecule has 6 amide bonds. The molecule has 0 atom stereocenters. The summed E-state index contributed by atoms with van der Waals surface area (Å²) in [5.41, 5.74) is 0. The predicted molar refractivity (Wildman–Crippen MR) is 94.5 cm³/mol. The van der Waals surface area contributed by atoms with E-state index in [-0.39, 0.29) is 12.5 Å². The molecule has 0 radical (unpaired) electrons. The van der Waals surface area contributed by atoms with Crippen molar-refractivity contribution in [1.82, 2.24) is 19.6 Å². The molecule has 0 aromatic carbocycles. The van der Waals surface area contributed by atoms with Crippen molar-refractivity contribution in [2.24, 2.45) is 5.92 Å². The molecule has 0 bridgehead atoms. The van der Waals surface area contributed by atoms with Crippen LogP contribution in [-0.2, 0) is 9.59 Å². The van der Waals surface area contributed by atoms with Gasteiger partial charge in [0.15, 0.2) is 4.96 Å². The smallest absolute Gasteiger partial charge is 0.315 e. The topological polar surface area (TPSA) is 81.2 Å². The molecule has 2 aliphatic rings. The number of carbonyl (C=O) groups is 4. The largest absolute Gasteiger partial charge is 0.329 e. The van der Waals surface area contributed by atoms with Gasteiger partial charge in [-0.15, -0.1) is 0 Å². The fourth-order valence-corrected chi connectivity index (χ4v) is 2.90. The van der Waals surface area contributed by atoms with Crippen LogP contribution in [-0.4, -0.2) is 80.1 Å². The predicted octanol–water partition coefficient (Wildman–Crippen LogP) is 2.31. The molecule has 25 heavy (non-hydrogen) atoms. The lowest BCUT2D eigenvalue weighted by atomic mass is 10.2. The number of imide groups is 2. The van der Waals surface area contributed by atoms with Crippen molar-refractivity contribution < 1.29 is 19.2 Å². The normalized spacial score (nSPS) is 20.2. The number of hydrogen-bond acceptors (Lipinski definition) is 4. The van der Waals surface area contributed by atoms with E-state index in [1.165, 1.54) is 19.0 Å². The van der Waals surface area contributed by atoms with Crippen molar-refractivity contribution in [2.45, 2.75) is 23.3 Å². The zero-order valence-electron chi connectivity index (χ0n) is 14.0. The van der Waals surface area contributed by atoms with Gasteiger partial charge in [0.2, 0.25) is 0 Å². The summed E-state index contributed by atoms with van der Waals surface area (Å²) >= 11 is 22.1. The van der Waals surface area contributed by atoms with Gasteiger partial charge in [-0.1, -0.05) is 60.3 Å². The summed E-state index contributed by atoms with van der Waals surface area (Å²) in [7, 11) is 2.69. The highest BCUT2D eigenvalue weighted by molar-refractivity contribution is 6.60. The number of amides is 6. The maximum atomic E-state index is 11.6. The Hall–Kier alpha value is -0.960. The number of hydrogen-bond donors (Lipinski definition) is 0. The molecular formula is C13H18Cl4N4O4. The summed E-state index contributed by atoms with van der Waals surface area (Å²) in [4.78, 5) is 48.0. The Balaban J connectivity index is 0.000000257. The number of likely N-dealkylation sites (N-methyl/N-ethyl adjacent to an activating group) is 2. The summed E-state index contributed by atoms with van der Waals surface area (Å²) < 4.78 is -1.73. The molecule has 0 aromatic rings. The van der Waals surface area contributed by atoms with Gasteiger partial charge in [0, 0.05) is 20.6 Å². The molecule has 2 heterocycles. The molecule has 2 aliphatic heterocycles. The van der Waals surface area contributed by atoms with Gasteiger partial charge in [0.05, 0.1) is 0 Å². The first-order chi connectivity index (χ1) is 11.3. The molecule has 2 fully saturated rings. The Morgan fingerprint density at radius 3 is 1.80 bits per heavy atom. The first-order valence-corrected chi connectivity index (χ1v) is 8.78. The van der Waals surface area contributed by atoms with Crippen LogP contribution < -0.4 is 0 Å². The maximum absolute atomic E-state index is 11.6. The first-order valence-electron chi connectivity index (χ1n) is 7.15. The third kappa shape index (κ3) is 4.61. The van der Waals surface area contributed by atoms with Gasteiger partial charge >= 0.3 is 12.1 Å². The second kappa shape index (κ2) is 8.16. The van der Waals surface area contributed by atoms with Crippen LogP contribution in [0.1, 0.15) is 13.8 Å². The molecule has 8 nitrogen and oxygen atoms in total. The Bertz CT molecular complexity index is 584. The van der Waals surface area contributed by atoms with Crippen LogP contribution in [0.4, 0.5) is 9.59 Å². The Labute approximate surface area is 165 Å². The third-order valence-corrected chi connectivity index (χ3v) is 4.63. The molecule has 0 aliphatic carbocycles. The zero-order chi connectivity index (χ0) is 19.7. The summed E-state index contributed by atoms with van der Waals surface area (Å²) in [5.74, 6) is -0.644. The van der Waals surface area contributed by atoms with Crippen LogP contribution >= 0.6 is 46.4 Å². The van der Waals surface area contributed by atoms with Crippen LogP contribution in [0.5, 0.6) is 0 Å². The van der Waals surface area contributed by atoms with Crippen molar-refractivity contribution in [3.8, 4) is 0 Å². The highest BCUT2D eigenvalue weighted by atomic mass is 35.5. The number of nitrogens with zero attached hydrogens (tertiary/aromatic N) is 4.